The SMILES string of the molecule is Cc1sc(C(=O)O)cc1S(=O)(=O)NCCC(C)O. The molecule has 0 saturated carbocycles. The second-order valence-electron chi connectivity index (χ2n) is 3.87. The van der Waals surface area contributed by atoms with Gasteiger partial charge in [0.1, 0.15) is 4.88 Å². The number of rotatable bonds is 6. The van der Waals surface area contributed by atoms with Crippen molar-refractivity contribution < 1.29 is 23.4 Å². The van der Waals surface area contributed by atoms with Crippen LogP contribution in [-0.4, -0.2) is 37.2 Å². The van der Waals surface area contributed by atoms with Crippen LogP contribution in [0.4, 0.5) is 0 Å². The fourth-order valence-electron chi connectivity index (χ4n) is 1.32. The van der Waals surface area contributed by atoms with Crippen LogP contribution in [0.15, 0.2) is 11.0 Å². The number of nitrogens with one attached hydrogen (secondary N) is 1. The van der Waals surface area contributed by atoms with E-state index in [1.54, 1.807) is 13.8 Å². The third-order valence-corrected chi connectivity index (χ3v) is 4.98. The van der Waals surface area contributed by atoms with Crippen molar-refractivity contribution in [2.75, 3.05) is 6.54 Å². The van der Waals surface area contributed by atoms with Crippen LogP contribution < -0.4 is 4.72 Å². The molecule has 0 aromatic carbocycles. The summed E-state index contributed by atoms with van der Waals surface area (Å²) in [5, 5.41) is 17.8. The van der Waals surface area contributed by atoms with Gasteiger partial charge in [-0.2, -0.15) is 0 Å². The van der Waals surface area contributed by atoms with Gasteiger partial charge in [-0.15, -0.1) is 11.3 Å². The van der Waals surface area contributed by atoms with Crippen LogP contribution in [0.2, 0.25) is 0 Å². The topological polar surface area (TPSA) is 104 Å². The van der Waals surface area contributed by atoms with Gasteiger partial charge in [-0.1, -0.05) is 0 Å². The third kappa shape index (κ3) is 3.77. The number of aliphatic hydroxyl groups excluding tert-OH is 1. The van der Waals surface area contributed by atoms with Gasteiger partial charge in [0.2, 0.25) is 10.0 Å². The summed E-state index contributed by atoms with van der Waals surface area (Å²) in [4.78, 5) is 11.2. The van der Waals surface area contributed by atoms with Gasteiger partial charge in [-0.3, -0.25) is 0 Å². The second-order valence-corrected chi connectivity index (χ2v) is 6.86. The van der Waals surface area contributed by atoms with E-state index in [0.717, 1.165) is 17.4 Å². The molecule has 1 unspecified atom stereocenters. The van der Waals surface area contributed by atoms with Crippen LogP contribution in [0.1, 0.15) is 27.9 Å². The Bertz CT molecular complexity index is 532. The average Bonchev–Trinajstić information content (AvgIpc) is 2.60. The largest absolute Gasteiger partial charge is 0.477 e. The van der Waals surface area contributed by atoms with Gasteiger partial charge < -0.3 is 10.2 Å². The van der Waals surface area contributed by atoms with Crippen molar-refractivity contribution in [1.82, 2.24) is 4.72 Å². The van der Waals surface area contributed by atoms with Crippen molar-refractivity contribution >= 4 is 27.3 Å². The number of hydrogen-bond donors (Lipinski definition) is 3. The quantitative estimate of drug-likeness (QED) is 0.720. The summed E-state index contributed by atoms with van der Waals surface area (Å²) in [7, 11) is -3.71. The van der Waals surface area contributed by atoms with Crippen LogP contribution in [0.5, 0.6) is 0 Å². The zero-order valence-corrected chi connectivity index (χ0v) is 11.6. The zero-order valence-electron chi connectivity index (χ0n) is 10.0. The first-order chi connectivity index (χ1) is 8.24. The van der Waals surface area contributed by atoms with E-state index in [1.165, 1.54) is 0 Å². The number of carboxylic acids is 1. The summed E-state index contributed by atoms with van der Waals surface area (Å²) in [5.41, 5.74) is 0. The number of carbonyl (C=O) groups is 1. The zero-order chi connectivity index (χ0) is 13.9. The fourth-order valence-corrected chi connectivity index (χ4v) is 3.79. The number of carboxylic acid groups (broad SMARTS) is 1. The molecule has 0 fully saturated rings. The predicted molar refractivity (Wildman–Crippen MR) is 67.5 cm³/mol. The van der Waals surface area contributed by atoms with E-state index >= 15 is 0 Å². The van der Waals surface area contributed by atoms with Gasteiger partial charge in [-0.05, 0) is 26.3 Å². The maximum absolute atomic E-state index is 11.9. The molecule has 0 aliphatic rings. The Hall–Kier alpha value is -0.960. The van der Waals surface area contributed by atoms with E-state index < -0.39 is 22.1 Å². The molecule has 0 bridgehead atoms. The predicted octanol–water partition coefficient (Wildman–Crippen LogP) is 0.804. The summed E-state index contributed by atoms with van der Waals surface area (Å²) < 4.78 is 26.1. The minimum absolute atomic E-state index is 0.0107. The van der Waals surface area contributed by atoms with Crippen LogP contribution in [0.3, 0.4) is 0 Å². The molecule has 0 aliphatic carbocycles. The van der Waals surface area contributed by atoms with E-state index in [1.807, 2.05) is 0 Å². The normalized spacial score (nSPS) is 13.5. The van der Waals surface area contributed by atoms with E-state index in [-0.39, 0.29) is 16.3 Å². The first-order valence-electron chi connectivity index (χ1n) is 5.25. The van der Waals surface area contributed by atoms with Crippen LogP contribution in [0, 0.1) is 6.92 Å². The molecule has 1 atom stereocenters. The highest BCUT2D eigenvalue weighted by atomic mass is 32.2. The van der Waals surface area contributed by atoms with Crippen molar-refractivity contribution in [2.45, 2.75) is 31.3 Å². The number of thiophene rings is 1. The van der Waals surface area contributed by atoms with Gasteiger partial charge >= 0.3 is 5.97 Å². The lowest BCUT2D eigenvalue weighted by atomic mass is 10.3. The smallest absolute Gasteiger partial charge is 0.345 e. The Morgan fingerprint density at radius 2 is 2.17 bits per heavy atom. The van der Waals surface area contributed by atoms with Crippen molar-refractivity contribution in [2.24, 2.45) is 0 Å². The Balaban J connectivity index is 2.88. The molecule has 0 aliphatic heterocycles. The minimum Gasteiger partial charge on any atom is -0.477 e. The lowest BCUT2D eigenvalue weighted by Gasteiger charge is -2.07. The monoisotopic (exact) mass is 293 g/mol. The molecule has 0 amide bonds. The highest BCUT2D eigenvalue weighted by molar-refractivity contribution is 7.89. The Kier molecular flexibility index (Phi) is 4.85. The number of aromatic carboxylic acids is 1. The Morgan fingerprint density at radius 1 is 1.56 bits per heavy atom. The molecule has 1 aromatic rings. The molecule has 18 heavy (non-hydrogen) atoms. The van der Waals surface area contributed by atoms with E-state index in [2.05, 4.69) is 4.72 Å². The first-order valence-corrected chi connectivity index (χ1v) is 7.55. The van der Waals surface area contributed by atoms with Crippen LogP contribution in [-0.2, 0) is 10.0 Å². The van der Waals surface area contributed by atoms with Gasteiger partial charge in [-0.25, -0.2) is 17.9 Å². The van der Waals surface area contributed by atoms with Crippen molar-refractivity contribution in [3.63, 3.8) is 0 Å². The van der Waals surface area contributed by atoms with Gasteiger partial charge in [0.15, 0.2) is 0 Å². The molecule has 102 valence electrons. The lowest BCUT2D eigenvalue weighted by molar-refractivity contribution is 0.0702. The van der Waals surface area contributed by atoms with E-state index in [9.17, 15) is 13.2 Å². The molecule has 0 saturated heterocycles. The van der Waals surface area contributed by atoms with Crippen LogP contribution >= 0.6 is 11.3 Å². The molecule has 1 rings (SSSR count). The third-order valence-electron chi connectivity index (χ3n) is 2.23. The first kappa shape index (κ1) is 15.1. The molecular formula is C10H15NO5S2. The maximum Gasteiger partial charge on any atom is 0.345 e. The molecular weight excluding hydrogens is 278 g/mol. The van der Waals surface area contributed by atoms with Crippen LogP contribution in [0.25, 0.3) is 0 Å². The molecule has 6 nitrogen and oxygen atoms in total. The molecule has 0 radical (unpaired) electrons. The number of hydrogen-bond acceptors (Lipinski definition) is 5. The summed E-state index contributed by atoms with van der Waals surface area (Å²) in [6.45, 7) is 3.23. The fraction of sp³-hybridized carbons (Fsp3) is 0.500. The number of sulfonamides is 1. The van der Waals surface area contributed by atoms with E-state index in [4.69, 9.17) is 10.2 Å². The Labute approximate surface area is 109 Å². The Morgan fingerprint density at radius 3 is 2.61 bits per heavy atom. The molecule has 0 spiro atoms. The summed E-state index contributed by atoms with van der Waals surface area (Å²) in [6.07, 6.45) is -0.292. The van der Waals surface area contributed by atoms with Crippen molar-refractivity contribution in [3.8, 4) is 0 Å². The second kappa shape index (κ2) is 5.79. The molecule has 1 heterocycles. The lowest BCUT2D eigenvalue weighted by Crippen LogP contribution is -2.26. The molecule has 1 aromatic heterocycles. The van der Waals surface area contributed by atoms with Crippen molar-refractivity contribution in [3.05, 3.63) is 15.8 Å². The van der Waals surface area contributed by atoms with Gasteiger partial charge in [0, 0.05) is 11.4 Å². The van der Waals surface area contributed by atoms with E-state index in [0.29, 0.717) is 11.3 Å². The highest BCUT2D eigenvalue weighted by Crippen LogP contribution is 2.25. The summed E-state index contributed by atoms with van der Waals surface area (Å²) >= 11 is 0.921. The standard InChI is InChI=1S/C10H15NO5S2/c1-6(12)3-4-11-18(15,16)9-5-8(10(13)14)17-7(9)2/h5-6,11-12H,3-4H2,1-2H3,(H,13,14). The molecule has 8 heteroatoms. The number of aryl methyl sites for hydroxylation is 1. The summed E-state index contributed by atoms with van der Waals surface area (Å²) in [6, 6.07) is 1.15. The number of aliphatic hydroxyl groups is 1. The van der Waals surface area contributed by atoms with Gasteiger partial charge in [0.05, 0.1) is 11.0 Å². The van der Waals surface area contributed by atoms with Crippen molar-refractivity contribution in [1.29, 1.82) is 0 Å². The highest BCUT2D eigenvalue weighted by Gasteiger charge is 2.21. The van der Waals surface area contributed by atoms with Gasteiger partial charge in [0.25, 0.3) is 0 Å². The summed E-state index contributed by atoms with van der Waals surface area (Å²) in [5.74, 6) is -1.14. The minimum atomic E-state index is -3.71. The molecule has 3 N–H and O–H groups in total. The average molecular weight is 293 g/mol. The maximum atomic E-state index is 11.9.